The first kappa shape index (κ1) is 17.4. The van der Waals surface area contributed by atoms with Crippen molar-refractivity contribution in [2.24, 2.45) is 5.92 Å². The fraction of sp³-hybridized carbons (Fsp3) is 0.765. The Balaban J connectivity index is 1.87. The molecule has 1 aromatic rings. The molecule has 134 valence electrons. The monoisotopic (exact) mass is 335 g/mol. The van der Waals surface area contributed by atoms with E-state index in [4.69, 9.17) is 14.7 Å². The number of anilines is 2. The van der Waals surface area contributed by atoms with Crippen LogP contribution in [0.3, 0.4) is 0 Å². The number of nitrogens with zero attached hydrogens (tertiary/aromatic N) is 3. The lowest BCUT2D eigenvalue weighted by Gasteiger charge is -2.34. The van der Waals surface area contributed by atoms with Crippen LogP contribution in [0.25, 0.3) is 0 Å². The highest BCUT2D eigenvalue weighted by Crippen LogP contribution is 2.28. The summed E-state index contributed by atoms with van der Waals surface area (Å²) in [7, 11) is 1.69. The lowest BCUT2D eigenvalue weighted by atomic mass is 9.98. The van der Waals surface area contributed by atoms with Gasteiger partial charge in [-0.25, -0.2) is 4.98 Å². The Morgan fingerprint density at radius 2 is 2.21 bits per heavy atom. The number of piperidine rings is 1. The van der Waals surface area contributed by atoms with Gasteiger partial charge >= 0.3 is 0 Å². The summed E-state index contributed by atoms with van der Waals surface area (Å²) in [5.41, 5.74) is 2.42. The van der Waals surface area contributed by atoms with E-state index in [1.807, 2.05) is 0 Å². The second-order valence-electron chi connectivity index (χ2n) is 6.60. The standard InChI is InChI=1S/C17H29N5O2/c1-24-10-8-19-17-20-15-5-7-18-6-4-14(15)16(21-17)22-9-2-3-13(11-22)12-23/h13,18,23H,2-12H2,1H3,(H,19,20,21)/t13-/m1/s1. The highest BCUT2D eigenvalue weighted by molar-refractivity contribution is 5.54. The average Bonchev–Trinajstić information content (AvgIpc) is 2.87. The summed E-state index contributed by atoms with van der Waals surface area (Å²) < 4.78 is 5.11. The molecule has 0 aromatic carbocycles. The molecular formula is C17H29N5O2. The second-order valence-corrected chi connectivity index (χ2v) is 6.60. The normalized spacial score (nSPS) is 21.2. The molecule has 3 heterocycles. The highest BCUT2D eigenvalue weighted by Gasteiger charge is 2.25. The Hall–Kier alpha value is -1.44. The molecule has 0 aliphatic carbocycles. The summed E-state index contributed by atoms with van der Waals surface area (Å²) >= 11 is 0. The maximum Gasteiger partial charge on any atom is 0.224 e. The number of aromatic nitrogens is 2. The number of hydrogen-bond donors (Lipinski definition) is 3. The molecule has 3 rings (SSSR count). The molecule has 1 atom stereocenters. The maximum atomic E-state index is 9.54. The summed E-state index contributed by atoms with van der Waals surface area (Å²) in [6.07, 6.45) is 4.10. The first-order chi connectivity index (χ1) is 11.8. The van der Waals surface area contributed by atoms with Crippen LogP contribution in [-0.2, 0) is 17.6 Å². The van der Waals surface area contributed by atoms with Gasteiger partial charge in [0.05, 0.1) is 12.3 Å². The fourth-order valence-corrected chi connectivity index (χ4v) is 3.54. The molecular weight excluding hydrogens is 306 g/mol. The van der Waals surface area contributed by atoms with Gasteiger partial charge in [-0.2, -0.15) is 4.98 Å². The van der Waals surface area contributed by atoms with E-state index in [0.717, 1.165) is 63.4 Å². The number of hydrogen-bond acceptors (Lipinski definition) is 7. The van der Waals surface area contributed by atoms with Crippen LogP contribution >= 0.6 is 0 Å². The summed E-state index contributed by atoms with van der Waals surface area (Å²) in [4.78, 5) is 11.9. The Morgan fingerprint density at radius 3 is 3.04 bits per heavy atom. The van der Waals surface area contributed by atoms with Crippen LogP contribution < -0.4 is 15.5 Å². The molecule has 1 aromatic heterocycles. The molecule has 2 aliphatic heterocycles. The second kappa shape index (κ2) is 8.60. The predicted octanol–water partition coefficient (Wildman–Crippen LogP) is 0.432. The number of aliphatic hydroxyl groups is 1. The summed E-state index contributed by atoms with van der Waals surface area (Å²) in [5, 5.41) is 16.3. The third kappa shape index (κ3) is 4.15. The van der Waals surface area contributed by atoms with E-state index in [9.17, 15) is 5.11 Å². The molecule has 0 unspecified atom stereocenters. The van der Waals surface area contributed by atoms with E-state index in [0.29, 0.717) is 25.0 Å². The lowest BCUT2D eigenvalue weighted by Crippen LogP contribution is -2.38. The minimum Gasteiger partial charge on any atom is -0.396 e. The van der Waals surface area contributed by atoms with Crippen LogP contribution in [-0.4, -0.2) is 68.1 Å². The van der Waals surface area contributed by atoms with Crippen molar-refractivity contribution in [2.45, 2.75) is 25.7 Å². The van der Waals surface area contributed by atoms with Gasteiger partial charge in [-0.1, -0.05) is 0 Å². The average molecular weight is 335 g/mol. The van der Waals surface area contributed by atoms with Crippen molar-refractivity contribution in [3.8, 4) is 0 Å². The molecule has 0 spiro atoms. The molecule has 24 heavy (non-hydrogen) atoms. The minimum absolute atomic E-state index is 0.254. The molecule has 0 amide bonds. The number of nitrogens with one attached hydrogen (secondary N) is 2. The van der Waals surface area contributed by atoms with Crippen LogP contribution in [0.5, 0.6) is 0 Å². The van der Waals surface area contributed by atoms with Crippen molar-refractivity contribution in [3.05, 3.63) is 11.3 Å². The SMILES string of the molecule is COCCNc1nc2c(c(N3CCC[C@@H](CO)C3)n1)CCNCC2. The van der Waals surface area contributed by atoms with Crippen molar-refractivity contribution in [3.63, 3.8) is 0 Å². The summed E-state index contributed by atoms with van der Waals surface area (Å²) in [6, 6.07) is 0. The zero-order valence-corrected chi connectivity index (χ0v) is 14.6. The van der Waals surface area contributed by atoms with Gasteiger partial charge in [-0.05, 0) is 31.7 Å². The van der Waals surface area contributed by atoms with Crippen molar-refractivity contribution >= 4 is 11.8 Å². The van der Waals surface area contributed by atoms with Gasteiger partial charge in [0.15, 0.2) is 0 Å². The first-order valence-corrected chi connectivity index (χ1v) is 9.01. The van der Waals surface area contributed by atoms with Gasteiger partial charge in [-0.3, -0.25) is 0 Å². The molecule has 0 saturated carbocycles. The van der Waals surface area contributed by atoms with E-state index in [2.05, 4.69) is 15.5 Å². The Kier molecular flexibility index (Phi) is 6.23. The molecule has 3 N–H and O–H groups in total. The van der Waals surface area contributed by atoms with E-state index in [-0.39, 0.29) is 6.61 Å². The molecule has 7 heteroatoms. The van der Waals surface area contributed by atoms with E-state index >= 15 is 0 Å². The van der Waals surface area contributed by atoms with Gasteiger partial charge in [-0.15, -0.1) is 0 Å². The topological polar surface area (TPSA) is 82.5 Å². The van der Waals surface area contributed by atoms with Gasteiger partial charge in [0.1, 0.15) is 5.82 Å². The van der Waals surface area contributed by atoms with Crippen molar-refractivity contribution in [2.75, 3.05) is 63.3 Å². The van der Waals surface area contributed by atoms with Crippen LogP contribution in [0.2, 0.25) is 0 Å². The third-order valence-electron chi connectivity index (χ3n) is 4.83. The van der Waals surface area contributed by atoms with Crippen LogP contribution in [0.4, 0.5) is 11.8 Å². The number of methoxy groups -OCH3 is 1. The minimum atomic E-state index is 0.254. The van der Waals surface area contributed by atoms with Crippen LogP contribution in [0.1, 0.15) is 24.1 Å². The van der Waals surface area contributed by atoms with E-state index in [1.54, 1.807) is 7.11 Å². The van der Waals surface area contributed by atoms with Crippen molar-refractivity contribution in [1.82, 2.24) is 15.3 Å². The first-order valence-electron chi connectivity index (χ1n) is 9.01. The Bertz CT molecular complexity index is 540. The number of ether oxygens (including phenoxy) is 1. The zero-order chi connectivity index (χ0) is 16.8. The highest BCUT2D eigenvalue weighted by atomic mass is 16.5. The van der Waals surface area contributed by atoms with Crippen LogP contribution in [0, 0.1) is 5.92 Å². The smallest absolute Gasteiger partial charge is 0.224 e. The lowest BCUT2D eigenvalue weighted by molar-refractivity contribution is 0.208. The largest absolute Gasteiger partial charge is 0.396 e. The fourth-order valence-electron chi connectivity index (χ4n) is 3.54. The molecule has 0 radical (unpaired) electrons. The maximum absolute atomic E-state index is 9.54. The third-order valence-corrected chi connectivity index (χ3v) is 4.83. The quantitative estimate of drug-likeness (QED) is 0.650. The molecule has 7 nitrogen and oxygen atoms in total. The zero-order valence-electron chi connectivity index (χ0n) is 14.6. The Labute approximate surface area is 143 Å². The predicted molar refractivity (Wildman–Crippen MR) is 94.7 cm³/mol. The van der Waals surface area contributed by atoms with Gasteiger partial charge in [0.25, 0.3) is 0 Å². The van der Waals surface area contributed by atoms with Crippen molar-refractivity contribution in [1.29, 1.82) is 0 Å². The number of fused-ring (bicyclic) bond motifs is 1. The number of rotatable bonds is 6. The summed E-state index contributed by atoms with van der Waals surface area (Å²) in [6.45, 7) is 5.40. The van der Waals surface area contributed by atoms with E-state index in [1.165, 1.54) is 5.56 Å². The van der Waals surface area contributed by atoms with Crippen LogP contribution in [0.15, 0.2) is 0 Å². The molecule has 1 fully saturated rings. The molecule has 1 saturated heterocycles. The molecule has 2 aliphatic rings. The van der Waals surface area contributed by atoms with Crippen molar-refractivity contribution < 1.29 is 9.84 Å². The van der Waals surface area contributed by atoms with Gasteiger partial charge in [0.2, 0.25) is 5.95 Å². The Morgan fingerprint density at radius 1 is 1.33 bits per heavy atom. The van der Waals surface area contributed by atoms with Gasteiger partial charge in [0, 0.05) is 51.9 Å². The molecule has 0 bridgehead atoms. The number of aliphatic hydroxyl groups excluding tert-OH is 1. The van der Waals surface area contributed by atoms with Gasteiger partial charge < -0.3 is 25.4 Å². The summed E-state index contributed by atoms with van der Waals surface area (Å²) in [5.74, 6) is 2.09. The van der Waals surface area contributed by atoms with E-state index < -0.39 is 0 Å².